The molecule has 2 heterocycles. The summed E-state index contributed by atoms with van der Waals surface area (Å²) in [4.78, 5) is 4.52. The number of para-hydroxylation sites is 1. The van der Waals surface area contributed by atoms with Crippen LogP contribution in [0.2, 0.25) is 0 Å². The van der Waals surface area contributed by atoms with Crippen molar-refractivity contribution in [3.05, 3.63) is 66.0 Å². The molecule has 0 radical (unpaired) electrons. The summed E-state index contributed by atoms with van der Waals surface area (Å²) in [5.41, 5.74) is 4.87. The Kier molecular flexibility index (Phi) is 5.99. The van der Waals surface area contributed by atoms with Crippen molar-refractivity contribution >= 4 is 21.0 Å². The molecule has 0 spiro atoms. The standard InChI is InChI=1S/C24H24N2O5S/c1-16-13-20(22(30-3)14-17(16)2)23-15-25-24(31-23)19-9-11-26(10-6-12-32(27,28)29)21-8-5-4-7-18(19)21/h4-5,7-9,11,13-15H,6,10,12H2,1-3H3/p+1. The number of fused-ring (bicyclic) bond motifs is 1. The highest BCUT2D eigenvalue weighted by atomic mass is 32.2. The lowest BCUT2D eigenvalue weighted by molar-refractivity contribution is -0.671. The first kappa shape index (κ1) is 22.0. The normalized spacial score (nSPS) is 11.8. The first-order chi connectivity index (χ1) is 15.3. The van der Waals surface area contributed by atoms with Crippen molar-refractivity contribution in [2.45, 2.75) is 26.8 Å². The molecule has 0 atom stereocenters. The van der Waals surface area contributed by atoms with E-state index in [-0.39, 0.29) is 5.75 Å². The molecule has 2 aromatic carbocycles. The smallest absolute Gasteiger partial charge is 0.265 e. The van der Waals surface area contributed by atoms with Gasteiger partial charge in [0.25, 0.3) is 10.1 Å². The van der Waals surface area contributed by atoms with Crippen LogP contribution in [0.25, 0.3) is 33.7 Å². The number of nitrogens with zero attached hydrogens (tertiary/aromatic N) is 2. The minimum atomic E-state index is -3.98. The van der Waals surface area contributed by atoms with Crippen LogP contribution < -0.4 is 9.30 Å². The molecule has 8 heteroatoms. The number of pyridine rings is 1. The van der Waals surface area contributed by atoms with E-state index < -0.39 is 10.1 Å². The summed E-state index contributed by atoms with van der Waals surface area (Å²) in [7, 11) is -2.35. The van der Waals surface area contributed by atoms with Gasteiger partial charge in [0, 0.05) is 18.6 Å². The summed E-state index contributed by atoms with van der Waals surface area (Å²) in [5, 5.41) is 0.933. The summed E-state index contributed by atoms with van der Waals surface area (Å²) in [6.07, 6.45) is 3.88. The van der Waals surface area contributed by atoms with Crippen molar-refractivity contribution in [2.24, 2.45) is 0 Å². The second kappa shape index (κ2) is 8.72. The van der Waals surface area contributed by atoms with E-state index in [0.29, 0.717) is 24.6 Å². The molecule has 7 nitrogen and oxygen atoms in total. The molecule has 0 aliphatic carbocycles. The molecule has 1 N–H and O–H groups in total. The van der Waals surface area contributed by atoms with Crippen LogP contribution in [0.15, 0.2) is 59.3 Å². The quantitative estimate of drug-likeness (QED) is 0.330. The molecule has 0 aliphatic rings. The fourth-order valence-electron chi connectivity index (χ4n) is 3.76. The Morgan fingerprint density at radius 2 is 1.84 bits per heavy atom. The molecule has 4 rings (SSSR count). The number of benzene rings is 2. The number of ether oxygens (including phenoxy) is 1. The molecule has 32 heavy (non-hydrogen) atoms. The number of hydrogen-bond acceptors (Lipinski definition) is 5. The lowest BCUT2D eigenvalue weighted by Crippen LogP contribution is -2.35. The average Bonchev–Trinajstić information content (AvgIpc) is 3.24. The van der Waals surface area contributed by atoms with E-state index in [4.69, 9.17) is 13.7 Å². The summed E-state index contributed by atoms with van der Waals surface area (Å²) >= 11 is 0. The first-order valence-electron chi connectivity index (χ1n) is 10.2. The maximum Gasteiger partial charge on any atom is 0.265 e. The van der Waals surface area contributed by atoms with Crippen LogP contribution >= 0.6 is 0 Å². The van der Waals surface area contributed by atoms with E-state index in [9.17, 15) is 8.42 Å². The molecule has 166 valence electrons. The summed E-state index contributed by atoms with van der Waals surface area (Å²) in [6, 6.07) is 13.7. The second-order valence-electron chi connectivity index (χ2n) is 7.75. The van der Waals surface area contributed by atoms with Crippen LogP contribution in [-0.2, 0) is 16.7 Å². The van der Waals surface area contributed by atoms with Crippen LogP contribution in [0, 0.1) is 13.8 Å². The van der Waals surface area contributed by atoms with Gasteiger partial charge >= 0.3 is 0 Å². The third kappa shape index (κ3) is 4.51. The maximum absolute atomic E-state index is 11.0. The highest BCUT2D eigenvalue weighted by Gasteiger charge is 2.19. The number of hydrogen-bond donors (Lipinski definition) is 1. The Labute approximate surface area is 187 Å². The van der Waals surface area contributed by atoms with Gasteiger partial charge in [-0.05, 0) is 43.2 Å². The number of methoxy groups -OCH3 is 1. The van der Waals surface area contributed by atoms with Crippen LogP contribution in [0.4, 0.5) is 0 Å². The summed E-state index contributed by atoms with van der Waals surface area (Å²) in [6.45, 7) is 4.53. The van der Waals surface area contributed by atoms with Gasteiger partial charge in [0.2, 0.25) is 11.4 Å². The van der Waals surface area contributed by atoms with E-state index in [0.717, 1.165) is 38.9 Å². The predicted octanol–water partition coefficient (Wildman–Crippen LogP) is 4.35. The largest absolute Gasteiger partial charge is 0.496 e. The predicted molar refractivity (Wildman–Crippen MR) is 122 cm³/mol. The number of oxazole rings is 1. The second-order valence-corrected chi connectivity index (χ2v) is 9.32. The van der Waals surface area contributed by atoms with Gasteiger partial charge in [-0.3, -0.25) is 4.55 Å². The van der Waals surface area contributed by atoms with Crippen LogP contribution in [0.5, 0.6) is 5.75 Å². The van der Waals surface area contributed by atoms with E-state index >= 15 is 0 Å². The molecular weight excluding hydrogens is 428 g/mol. The Bertz CT molecular complexity index is 1390. The van der Waals surface area contributed by atoms with Crippen molar-refractivity contribution < 1.29 is 26.7 Å². The van der Waals surface area contributed by atoms with E-state index in [1.165, 1.54) is 0 Å². The first-order valence-corrected chi connectivity index (χ1v) is 11.9. The van der Waals surface area contributed by atoms with Crippen LogP contribution in [-0.4, -0.2) is 30.8 Å². The highest BCUT2D eigenvalue weighted by molar-refractivity contribution is 7.85. The zero-order chi connectivity index (χ0) is 22.9. The van der Waals surface area contributed by atoms with Crippen molar-refractivity contribution in [2.75, 3.05) is 12.9 Å². The summed E-state index contributed by atoms with van der Waals surface area (Å²) < 4.78 is 44.8. The third-order valence-electron chi connectivity index (χ3n) is 5.54. The van der Waals surface area contributed by atoms with Gasteiger partial charge in [-0.2, -0.15) is 13.0 Å². The zero-order valence-corrected chi connectivity index (χ0v) is 19.0. The molecule has 4 aromatic rings. The van der Waals surface area contributed by atoms with Gasteiger partial charge in [0.1, 0.15) is 12.3 Å². The molecule has 0 amide bonds. The Balaban J connectivity index is 1.72. The average molecular weight is 454 g/mol. The van der Waals surface area contributed by atoms with Crippen molar-refractivity contribution in [3.63, 3.8) is 0 Å². The topological polar surface area (TPSA) is 93.5 Å². The van der Waals surface area contributed by atoms with E-state index in [2.05, 4.69) is 4.98 Å². The molecule has 0 bridgehead atoms. The zero-order valence-electron chi connectivity index (χ0n) is 18.2. The molecule has 0 fully saturated rings. The molecule has 0 aliphatic heterocycles. The molecule has 0 saturated carbocycles. The lowest BCUT2D eigenvalue weighted by atomic mass is 10.0. The van der Waals surface area contributed by atoms with Gasteiger partial charge in [-0.15, -0.1) is 0 Å². The Hall–Kier alpha value is -3.23. The minimum absolute atomic E-state index is 0.281. The van der Waals surface area contributed by atoms with Crippen molar-refractivity contribution in [3.8, 4) is 28.5 Å². The Morgan fingerprint density at radius 1 is 1.09 bits per heavy atom. The van der Waals surface area contributed by atoms with Gasteiger partial charge in [0.15, 0.2) is 12.0 Å². The molecule has 2 aromatic heterocycles. The Morgan fingerprint density at radius 3 is 2.59 bits per heavy atom. The fourth-order valence-corrected chi connectivity index (χ4v) is 4.25. The van der Waals surface area contributed by atoms with Gasteiger partial charge in [-0.25, -0.2) is 4.98 Å². The third-order valence-corrected chi connectivity index (χ3v) is 6.35. The van der Waals surface area contributed by atoms with E-state index in [1.54, 1.807) is 13.3 Å². The molecule has 0 saturated heterocycles. The minimum Gasteiger partial charge on any atom is -0.496 e. The highest BCUT2D eigenvalue weighted by Crippen LogP contribution is 2.35. The molecule has 0 unspecified atom stereocenters. The maximum atomic E-state index is 11.0. The van der Waals surface area contributed by atoms with Crippen LogP contribution in [0.1, 0.15) is 17.5 Å². The summed E-state index contributed by atoms with van der Waals surface area (Å²) in [5.74, 6) is 1.55. The van der Waals surface area contributed by atoms with Gasteiger partial charge in [-0.1, -0.05) is 12.1 Å². The number of aryl methyl sites for hydroxylation is 3. The van der Waals surface area contributed by atoms with Gasteiger partial charge < -0.3 is 9.15 Å². The SMILES string of the molecule is COc1cc(C)c(C)cc1-c1cnc(-c2cc[n+](CCCS(=O)(=O)O)c3ccccc23)o1. The fraction of sp³-hybridized carbons (Fsp3) is 0.250. The van der Waals surface area contributed by atoms with Gasteiger partial charge in [0.05, 0.1) is 35.6 Å². The molecular formula is C24H25N2O5S+. The van der Waals surface area contributed by atoms with Crippen molar-refractivity contribution in [1.82, 2.24) is 4.98 Å². The van der Waals surface area contributed by atoms with E-state index in [1.807, 2.05) is 67.1 Å². The van der Waals surface area contributed by atoms with Crippen molar-refractivity contribution in [1.29, 1.82) is 0 Å². The van der Waals surface area contributed by atoms with Crippen LogP contribution in [0.3, 0.4) is 0 Å². The monoisotopic (exact) mass is 453 g/mol. The number of aromatic nitrogens is 2. The number of rotatable bonds is 7. The lowest BCUT2D eigenvalue weighted by Gasteiger charge is -2.09.